The van der Waals surface area contributed by atoms with Crippen LogP contribution in [-0.4, -0.2) is 25.4 Å². The van der Waals surface area contributed by atoms with Gasteiger partial charge in [-0.3, -0.25) is 0 Å². The predicted molar refractivity (Wildman–Crippen MR) is 71.4 cm³/mol. The van der Waals surface area contributed by atoms with E-state index < -0.39 is 6.29 Å². The van der Waals surface area contributed by atoms with Crippen LogP contribution in [0, 0.1) is 5.92 Å². The summed E-state index contributed by atoms with van der Waals surface area (Å²) in [6.07, 6.45) is 1.04. The minimum absolute atomic E-state index is 0.405. The summed E-state index contributed by atoms with van der Waals surface area (Å²) in [6.45, 7) is 3.28. The van der Waals surface area contributed by atoms with Gasteiger partial charge in [0.25, 0.3) is 0 Å². The molecule has 0 spiro atoms. The topological polar surface area (TPSA) is 64.7 Å². The lowest BCUT2D eigenvalue weighted by atomic mass is 10.0. The van der Waals surface area contributed by atoms with Crippen molar-refractivity contribution < 1.29 is 14.6 Å². The lowest BCUT2D eigenvalue weighted by molar-refractivity contribution is -0.114. The van der Waals surface area contributed by atoms with Crippen LogP contribution in [0.1, 0.15) is 31.6 Å². The van der Waals surface area contributed by atoms with E-state index in [9.17, 15) is 5.11 Å². The van der Waals surface area contributed by atoms with Crippen LogP contribution in [0.25, 0.3) is 0 Å². The van der Waals surface area contributed by atoms with Gasteiger partial charge in [-0.1, -0.05) is 25.5 Å². The number of ether oxygens (including phenoxy) is 2. The average molecular weight is 253 g/mol. The Morgan fingerprint density at radius 3 is 2.44 bits per heavy atom. The maximum absolute atomic E-state index is 9.90. The third-order valence-corrected chi connectivity index (χ3v) is 3.04. The highest BCUT2D eigenvalue weighted by Crippen LogP contribution is 2.20. The van der Waals surface area contributed by atoms with E-state index in [1.807, 2.05) is 0 Å². The van der Waals surface area contributed by atoms with Crippen molar-refractivity contribution in [1.29, 1.82) is 0 Å². The molecule has 0 bridgehead atoms. The smallest absolute Gasteiger partial charge is 0.181 e. The van der Waals surface area contributed by atoms with E-state index >= 15 is 0 Å². The molecule has 1 rings (SSSR count). The van der Waals surface area contributed by atoms with Gasteiger partial charge in [-0.2, -0.15) is 0 Å². The fraction of sp³-hybridized carbons (Fsp3) is 0.571. The molecule has 0 aliphatic heterocycles. The van der Waals surface area contributed by atoms with Gasteiger partial charge in [-0.05, 0) is 31.0 Å². The second-order valence-corrected chi connectivity index (χ2v) is 4.31. The van der Waals surface area contributed by atoms with E-state index in [1.165, 1.54) is 0 Å². The minimum atomic E-state index is -0.886. The highest BCUT2D eigenvalue weighted by molar-refractivity contribution is 5.27. The summed E-state index contributed by atoms with van der Waals surface area (Å²) in [4.78, 5) is 0. The number of aliphatic hydroxyl groups is 1. The van der Waals surface area contributed by atoms with Crippen molar-refractivity contribution in [3.63, 3.8) is 0 Å². The lowest BCUT2D eigenvalue weighted by Crippen LogP contribution is -2.16. The molecule has 0 amide bonds. The van der Waals surface area contributed by atoms with E-state index in [1.54, 1.807) is 31.4 Å². The van der Waals surface area contributed by atoms with Gasteiger partial charge in [0.2, 0.25) is 0 Å². The minimum Gasteiger partial charge on any atom is -0.497 e. The van der Waals surface area contributed by atoms with Crippen molar-refractivity contribution in [2.24, 2.45) is 11.7 Å². The molecule has 0 heterocycles. The maximum atomic E-state index is 9.90. The molecule has 4 heteroatoms. The fourth-order valence-electron chi connectivity index (χ4n) is 1.73. The largest absolute Gasteiger partial charge is 0.497 e. The number of nitrogens with two attached hydrogens (primary N) is 1. The van der Waals surface area contributed by atoms with Crippen molar-refractivity contribution in [3.8, 4) is 5.75 Å². The number of hydrogen-bond donors (Lipinski definition) is 2. The van der Waals surface area contributed by atoms with Crippen molar-refractivity contribution >= 4 is 0 Å². The molecule has 0 fully saturated rings. The first-order valence-electron chi connectivity index (χ1n) is 6.35. The molecule has 0 aliphatic carbocycles. The van der Waals surface area contributed by atoms with Gasteiger partial charge in [-0.15, -0.1) is 0 Å². The molecule has 18 heavy (non-hydrogen) atoms. The van der Waals surface area contributed by atoms with Gasteiger partial charge in [0.15, 0.2) is 6.29 Å². The Morgan fingerprint density at radius 1 is 1.28 bits per heavy atom. The van der Waals surface area contributed by atoms with Crippen LogP contribution in [0.5, 0.6) is 5.75 Å². The first-order valence-corrected chi connectivity index (χ1v) is 6.35. The van der Waals surface area contributed by atoms with E-state index in [2.05, 4.69) is 6.92 Å². The van der Waals surface area contributed by atoms with Crippen molar-refractivity contribution in [3.05, 3.63) is 29.8 Å². The van der Waals surface area contributed by atoms with E-state index in [-0.39, 0.29) is 0 Å². The Hall–Kier alpha value is -1.10. The van der Waals surface area contributed by atoms with Crippen LogP contribution in [0.4, 0.5) is 0 Å². The number of aliphatic hydroxyl groups excluding tert-OH is 1. The van der Waals surface area contributed by atoms with E-state index in [0.717, 1.165) is 24.2 Å². The second-order valence-electron chi connectivity index (χ2n) is 4.31. The Morgan fingerprint density at radius 2 is 1.94 bits per heavy atom. The van der Waals surface area contributed by atoms with Crippen molar-refractivity contribution in [1.82, 2.24) is 0 Å². The van der Waals surface area contributed by atoms with Gasteiger partial charge < -0.3 is 20.3 Å². The zero-order valence-electron chi connectivity index (χ0n) is 11.1. The Labute approximate surface area is 109 Å². The highest BCUT2D eigenvalue weighted by Gasteiger charge is 2.11. The summed E-state index contributed by atoms with van der Waals surface area (Å²) in [5, 5.41) is 9.90. The van der Waals surface area contributed by atoms with E-state index in [0.29, 0.717) is 19.1 Å². The van der Waals surface area contributed by atoms with Crippen LogP contribution in [-0.2, 0) is 4.74 Å². The first kappa shape index (κ1) is 15.0. The van der Waals surface area contributed by atoms with Crippen LogP contribution in [0.3, 0.4) is 0 Å². The van der Waals surface area contributed by atoms with Crippen molar-refractivity contribution in [2.75, 3.05) is 20.3 Å². The quantitative estimate of drug-likeness (QED) is 0.696. The monoisotopic (exact) mass is 253 g/mol. The Kier molecular flexibility index (Phi) is 6.72. The molecule has 0 aromatic heterocycles. The molecule has 0 saturated heterocycles. The fourth-order valence-corrected chi connectivity index (χ4v) is 1.73. The van der Waals surface area contributed by atoms with Crippen LogP contribution >= 0.6 is 0 Å². The third-order valence-electron chi connectivity index (χ3n) is 3.04. The maximum Gasteiger partial charge on any atom is 0.181 e. The van der Waals surface area contributed by atoms with Crippen molar-refractivity contribution in [2.45, 2.75) is 26.1 Å². The lowest BCUT2D eigenvalue weighted by Gasteiger charge is -2.18. The van der Waals surface area contributed by atoms with Crippen LogP contribution in [0.2, 0.25) is 0 Å². The summed E-state index contributed by atoms with van der Waals surface area (Å²) in [5.41, 5.74) is 6.26. The molecular weight excluding hydrogens is 230 g/mol. The molecule has 0 saturated carbocycles. The summed E-state index contributed by atoms with van der Waals surface area (Å²) in [6, 6.07) is 7.21. The summed E-state index contributed by atoms with van der Waals surface area (Å²) < 4.78 is 10.5. The highest BCUT2D eigenvalue weighted by atomic mass is 16.6. The molecule has 1 aromatic carbocycles. The molecule has 0 aliphatic rings. The van der Waals surface area contributed by atoms with Gasteiger partial charge in [-0.25, -0.2) is 0 Å². The summed E-state index contributed by atoms with van der Waals surface area (Å²) in [7, 11) is 1.61. The Bertz CT molecular complexity index is 326. The van der Waals surface area contributed by atoms with Gasteiger partial charge in [0, 0.05) is 5.56 Å². The predicted octanol–water partition coefficient (Wildman–Crippen LogP) is 2.08. The molecule has 102 valence electrons. The number of hydrogen-bond acceptors (Lipinski definition) is 4. The number of rotatable bonds is 8. The number of benzene rings is 1. The van der Waals surface area contributed by atoms with E-state index in [4.69, 9.17) is 15.2 Å². The molecule has 0 radical (unpaired) electrons. The molecule has 4 nitrogen and oxygen atoms in total. The van der Waals surface area contributed by atoms with Gasteiger partial charge >= 0.3 is 0 Å². The molecular formula is C14H23NO3. The SMILES string of the molecule is CC[C@H](CCN)COC(O)c1ccc(OC)cc1. The second kappa shape index (κ2) is 8.08. The molecule has 1 unspecified atom stereocenters. The Balaban J connectivity index is 2.45. The molecule has 3 N–H and O–H groups in total. The van der Waals surface area contributed by atoms with Gasteiger partial charge in [0.05, 0.1) is 13.7 Å². The molecule has 2 atom stereocenters. The number of methoxy groups -OCH3 is 1. The summed E-state index contributed by atoms with van der Waals surface area (Å²) >= 11 is 0. The zero-order valence-corrected chi connectivity index (χ0v) is 11.1. The zero-order chi connectivity index (χ0) is 13.4. The standard InChI is InChI=1S/C14H23NO3/c1-3-11(8-9-15)10-18-14(16)12-4-6-13(17-2)7-5-12/h4-7,11,14,16H,3,8-10,15H2,1-2H3/t11-,14?/m1/s1. The van der Waals surface area contributed by atoms with Crippen LogP contribution in [0.15, 0.2) is 24.3 Å². The van der Waals surface area contributed by atoms with Crippen LogP contribution < -0.4 is 10.5 Å². The summed E-state index contributed by atoms with van der Waals surface area (Å²) in [5.74, 6) is 1.17. The third kappa shape index (κ3) is 4.64. The van der Waals surface area contributed by atoms with Gasteiger partial charge in [0.1, 0.15) is 5.75 Å². The molecule has 1 aromatic rings. The normalized spacial score (nSPS) is 14.2. The average Bonchev–Trinajstić information content (AvgIpc) is 2.43. The first-order chi connectivity index (χ1) is 8.71.